The van der Waals surface area contributed by atoms with Gasteiger partial charge >= 0.3 is 6.18 Å². The van der Waals surface area contributed by atoms with Gasteiger partial charge in [0.1, 0.15) is 6.04 Å². The minimum absolute atomic E-state index is 0. The molecule has 1 N–H and O–H groups in total. The Hall–Kier alpha value is 0.0400. The van der Waals surface area contributed by atoms with E-state index in [1.54, 1.807) is 0 Å². The molecule has 9 heavy (non-hydrogen) atoms. The lowest BCUT2D eigenvalue weighted by molar-refractivity contribution is -0.169. The molecule has 56 valence electrons. The zero-order valence-corrected chi connectivity index (χ0v) is 5.35. The lowest BCUT2D eigenvalue weighted by atomic mass is 10.1. The normalized spacial score (nSPS) is 26.3. The van der Waals surface area contributed by atoms with Crippen LogP contribution in [0, 0.1) is 0 Å². The number of hydrogen-bond donors (Lipinski definition) is 1. The van der Waals surface area contributed by atoms with Gasteiger partial charge in [-0.05, 0) is 13.0 Å². The first-order chi connectivity index (χ1) is 3.61. The molecule has 0 radical (unpaired) electrons. The Balaban J connectivity index is 0.000000640. The van der Waals surface area contributed by atoms with Gasteiger partial charge in [-0.25, -0.2) is 0 Å². The zero-order chi connectivity index (χ0) is 6.20. The molecule has 0 aliphatic carbocycles. The van der Waals surface area contributed by atoms with Gasteiger partial charge in [-0.3, -0.25) is 0 Å². The maximum absolute atomic E-state index is 11.4. The van der Waals surface area contributed by atoms with Gasteiger partial charge in [-0.1, -0.05) is 0 Å². The van der Waals surface area contributed by atoms with Crippen molar-refractivity contribution in [1.29, 1.82) is 0 Å². The van der Waals surface area contributed by atoms with Crippen molar-refractivity contribution in [2.45, 2.75) is 18.6 Å². The molecule has 1 heterocycles. The molecule has 1 fully saturated rings. The lowest BCUT2D eigenvalue weighted by Crippen LogP contribution is -2.52. The van der Waals surface area contributed by atoms with Gasteiger partial charge in [0.15, 0.2) is 0 Å². The number of alkyl halides is 3. The largest absolute Gasteiger partial charge is 0.403 e. The fourth-order valence-electron chi connectivity index (χ4n) is 0.568. The molecule has 1 saturated heterocycles. The van der Waals surface area contributed by atoms with Crippen LogP contribution in [-0.4, -0.2) is 18.8 Å². The fourth-order valence-corrected chi connectivity index (χ4v) is 0.568. The van der Waals surface area contributed by atoms with Crippen LogP contribution in [0.4, 0.5) is 13.2 Å². The van der Waals surface area contributed by atoms with E-state index in [4.69, 9.17) is 0 Å². The standard InChI is InChI=1S/C4H6F3N.ClH/c5-4(6,7)3-1-2-8-3;/h3,8H,1-2H2;1H/t3-;/m0./s1. The molecule has 0 saturated carbocycles. The highest BCUT2D eigenvalue weighted by atomic mass is 35.5. The first kappa shape index (κ1) is 9.04. The Labute approximate surface area is 57.0 Å². The average Bonchev–Trinajstić information content (AvgIpc) is 1.16. The monoisotopic (exact) mass is 161 g/mol. The van der Waals surface area contributed by atoms with Gasteiger partial charge < -0.3 is 5.32 Å². The highest BCUT2D eigenvalue weighted by molar-refractivity contribution is 5.85. The molecule has 1 atom stereocenters. The van der Waals surface area contributed by atoms with E-state index in [0.717, 1.165) is 0 Å². The van der Waals surface area contributed by atoms with E-state index in [2.05, 4.69) is 5.32 Å². The van der Waals surface area contributed by atoms with E-state index in [9.17, 15) is 13.2 Å². The summed E-state index contributed by atoms with van der Waals surface area (Å²) in [5.74, 6) is 0. The first-order valence-electron chi connectivity index (χ1n) is 2.41. The Morgan fingerprint density at radius 1 is 1.33 bits per heavy atom. The van der Waals surface area contributed by atoms with Crippen LogP contribution >= 0.6 is 12.4 Å². The van der Waals surface area contributed by atoms with Gasteiger partial charge in [-0.15, -0.1) is 12.4 Å². The van der Waals surface area contributed by atoms with Crippen molar-refractivity contribution in [2.24, 2.45) is 0 Å². The quantitative estimate of drug-likeness (QED) is 0.565. The maximum Gasteiger partial charge on any atom is 0.403 e. The molecule has 0 aromatic rings. The summed E-state index contributed by atoms with van der Waals surface area (Å²) < 4.78 is 34.3. The summed E-state index contributed by atoms with van der Waals surface area (Å²) in [6.07, 6.45) is -3.78. The number of rotatable bonds is 0. The molecule has 0 unspecified atom stereocenters. The smallest absolute Gasteiger partial charge is 0.306 e. The number of halogens is 4. The molecule has 0 bridgehead atoms. The van der Waals surface area contributed by atoms with Crippen molar-refractivity contribution in [3.63, 3.8) is 0 Å². The molecule has 1 nitrogen and oxygen atoms in total. The van der Waals surface area contributed by atoms with Crippen LogP contribution < -0.4 is 5.32 Å². The summed E-state index contributed by atoms with van der Waals surface area (Å²) in [5, 5.41) is 2.26. The Morgan fingerprint density at radius 3 is 1.78 bits per heavy atom. The van der Waals surface area contributed by atoms with Gasteiger partial charge in [0.2, 0.25) is 0 Å². The summed E-state index contributed by atoms with van der Waals surface area (Å²) in [6, 6.07) is -1.22. The predicted molar refractivity (Wildman–Crippen MR) is 29.7 cm³/mol. The second kappa shape index (κ2) is 2.75. The molecule has 0 spiro atoms. The topological polar surface area (TPSA) is 12.0 Å². The van der Waals surface area contributed by atoms with Gasteiger partial charge in [0.05, 0.1) is 0 Å². The second-order valence-corrected chi connectivity index (χ2v) is 1.84. The number of nitrogens with one attached hydrogen (secondary N) is 1. The number of hydrogen-bond acceptors (Lipinski definition) is 1. The summed E-state index contributed by atoms with van der Waals surface area (Å²) in [4.78, 5) is 0. The van der Waals surface area contributed by atoms with Crippen molar-refractivity contribution >= 4 is 12.4 Å². The van der Waals surface area contributed by atoms with E-state index in [0.29, 0.717) is 6.54 Å². The third-order valence-corrected chi connectivity index (χ3v) is 1.22. The van der Waals surface area contributed by atoms with Gasteiger partial charge in [0.25, 0.3) is 0 Å². The molecule has 1 rings (SSSR count). The van der Waals surface area contributed by atoms with Gasteiger partial charge in [0, 0.05) is 0 Å². The maximum atomic E-state index is 11.4. The van der Waals surface area contributed by atoms with Crippen LogP contribution in [0.3, 0.4) is 0 Å². The van der Waals surface area contributed by atoms with Crippen molar-refractivity contribution < 1.29 is 13.2 Å². The van der Waals surface area contributed by atoms with E-state index in [1.807, 2.05) is 0 Å². The lowest BCUT2D eigenvalue weighted by Gasteiger charge is -2.29. The van der Waals surface area contributed by atoms with Crippen molar-refractivity contribution in [3.8, 4) is 0 Å². The van der Waals surface area contributed by atoms with E-state index in [-0.39, 0.29) is 18.8 Å². The third kappa shape index (κ3) is 2.02. The molecular formula is C4H7ClF3N. The first-order valence-corrected chi connectivity index (χ1v) is 2.41. The van der Waals surface area contributed by atoms with E-state index >= 15 is 0 Å². The summed E-state index contributed by atoms with van der Waals surface area (Å²) >= 11 is 0. The Bertz CT molecular complexity index is 88.3. The highest BCUT2D eigenvalue weighted by Crippen LogP contribution is 2.25. The van der Waals surface area contributed by atoms with Crippen molar-refractivity contribution in [1.82, 2.24) is 5.32 Å². The molecule has 1 aliphatic heterocycles. The van der Waals surface area contributed by atoms with Crippen LogP contribution in [0.25, 0.3) is 0 Å². The molecule has 5 heteroatoms. The molecule has 1 aliphatic rings. The van der Waals surface area contributed by atoms with Gasteiger partial charge in [-0.2, -0.15) is 13.2 Å². The average molecular weight is 162 g/mol. The Morgan fingerprint density at radius 2 is 1.78 bits per heavy atom. The van der Waals surface area contributed by atoms with Crippen LogP contribution in [0.2, 0.25) is 0 Å². The van der Waals surface area contributed by atoms with Crippen molar-refractivity contribution in [3.05, 3.63) is 0 Å². The Kier molecular flexibility index (Phi) is 2.76. The highest BCUT2D eigenvalue weighted by Gasteiger charge is 2.42. The third-order valence-electron chi connectivity index (χ3n) is 1.22. The summed E-state index contributed by atoms with van der Waals surface area (Å²) in [6.45, 7) is 0.504. The fraction of sp³-hybridized carbons (Fsp3) is 1.00. The van der Waals surface area contributed by atoms with Crippen molar-refractivity contribution in [2.75, 3.05) is 6.54 Å². The van der Waals surface area contributed by atoms with E-state index in [1.165, 1.54) is 0 Å². The minimum atomic E-state index is -4.02. The van der Waals surface area contributed by atoms with Crippen LogP contribution in [-0.2, 0) is 0 Å². The predicted octanol–water partition coefficient (Wildman–Crippen LogP) is 1.33. The SMILES string of the molecule is Cl.FC(F)(F)[C@@H]1CCN1. The minimum Gasteiger partial charge on any atom is -0.306 e. The molecule has 0 aromatic heterocycles. The zero-order valence-electron chi connectivity index (χ0n) is 4.53. The molecule has 0 amide bonds. The van der Waals surface area contributed by atoms with Crippen LogP contribution in [0.5, 0.6) is 0 Å². The van der Waals surface area contributed by atoms with Crippen LogP contribution in [0.15, 0.2) is 0 Å². The van der Waals surface area contributed by atoms with Crippen LogP contribution in [0.1, 0.15) is 6.42 Å². The second-order valence-electron chi connectivity index (χ2n) is 1.84. The summed E-state index contributed by atoms with van der Waals surface area (Å²) in [5.41, 5.74) is 0. The summed E-state index contributed by atoms with van der Waals surface area (Å²) in [7, 11) is 0. The molecular weight excluding hydrogens is 154 g/mol. The van der Waals surface area contributed by atoms with E-state index < -0.39 is 12.2 Å². The molecule has 0 aromatic carbocycles.